The van der Waals surface area contributed by atoms with Crippen LogP contribution in [0.25, 0.3) is 0 Å². The van der Waals surface area contributed by atoms with Crippen molar-refractivity contribution in [3.63, 3.8) is 0 Å². The van der Waals surface area contributed by atoms with Crippen molar-refractivity contribution in [3.05, 3.63) is 54.0 Å². The molecule has 0 aliphatic carbocycles. The van der Waals surface area contributed by atoms with Crippen LogP contribution in [0.3, 0.4) is 0 Å². The first-order valence-electron chi connectivity index (χ1n) is 6.59. The van der Waals surface area contributed by atoms with E-state index >= 15 is 0 Å². The normalized spacial score (nSPS) is 14.2. The lowest BCUT2D eigenvalue weighted by Crippen LogP contribution is -2.05. The molecule has 2 rings (SSSR count). The highest BCUT2D eigenvalue weighted by Gasteiger charge is 2.07. The summed E-state index contributed by atoms with van der Waals surface area (Å²) in [5.74, 6) is 0.630. The van der Waals surface area contributed by atoms with Gasteiger partial charge in [0.05, 0.1) is 18.6 Å². The Kier molecular flexibility index (Phi) is 4.08. The standard InChI is InChI=1S/C16H21NO/c1-4-12(2)14-5-7-16(8-6-14)17-13(3)15-9-10-18-11-15/h5-13,17H,4H2,1-3H3. The van der Waals surface area contributed by atoms with Gasteiger partial charge in [-0.3, -0.25) is 0 Å². The van der Waals surface area contributed by atoms with Crippen LogP contribution in [0.15, 0.2) is 47.3 Å². The second-order valence-corrected chi connectivity index (χ2v) is 4.85. The van der Waals surface area contributed by atoms with Gasteiger partial charge < -0.3 is 9.73 Å². The number of hydrogen-bond acceptors (Lipinski definition) is 2. The Labute approximate surface area is 109 Å². The maximum Gasteiger partial charge on any atom is 0.0955 e. The first-order valence-corrected chi connectivity index (χ1v) is 6.59. The van der Waals surface area contributed by atoms with E-state index < -0.39 is 0 Å². The first-order chi connectivity index (χ1) is 8.70. The number of furan rings is 1. The second-order valence-electron chi connectivity index (χ2n) is 4.85. The van der Waals surface area contributed by atoms with Crippen molar-refractivity contribution in [3.8, 4) is 0 Å². The minimum Gasteiger partial charge on any atom is -0.472 e. The van der Waals surface area contributed by atoms with Crippen molar-refractivity contribution in [1.82, 2.24) is 0 Å². The third kappa shape index (κ3) is 2.95. The van der Waals surface area contributed by atoms with Gasteiger partial charge >= 0.3 is 0 Å². The molecule has 1 aromatic carbocycles. The fourth-order valence-corrected chi connectivity index (χ4v) is 2.00. The lowest BCUT2D eigenvalue weighted by atomic mass is 9.98. The van der Waals surface area contributed by atoms with Gasteiger partial charge in [0.1, 0.15) is 0 Å². The van der Waals surface area contributed by atoms with E-state index in [1.54, 1.807) is 12.5 Å². The summed E-state index contributed by atoms with van der Waals surface area (Å²) in [6.45, 7) is 6.61. The zero-order chi connectivity index (χ0) is 13.0. The van der Waals surface area contributed by atoms with Crippen LogP contribution >= 0.6 is 0 Å². The van der Waals surface area contributed by atoms with Crippen molar-refractivity contribution in [1.29, 1.82) is 0 Å². The zero-order valence-electron chi connectivity index (χ0n) is 11.3. The number of anilines is 1. The molecule has 0 spiro atoms. The smallest absolute Gasteiger partial charge is 0.0955 e. The molecule has 2 unspecified atom stereocenters. The third-order valence-corrected chi connectivity index (χ3v) is 3.52. The van der Waals surface area contributed by atoms with Gasteiger partial charge in [-0.25, -0.2) is 0 Å². The molecule has 0 saturated carbocycles. The molecule has 18 heavy (non-hydrogen) atoms. The summed E-state index contributed by atoms with van der Waals surface area (Å²) in [6.07, 6.45) is 4.67. The molecule has 1 N–H and O–H groups in total. The van der Waals surface area contributed by atoms with Crippen LogP contribution in [0.1, 0.15) is 50.3 Å². The number of rotatable bonds is 5. The van der Waals surface area contributed by atoms with Gasteiger partial charge in [0.2, 0.25) is 0 Å². The van der Waals surface area contributed by atoms with Gasteiger partial charge in [0, 0.05) is 11.3 Å². The summed E-state index contributed by atoms with van der Waals surface area (Å²) in [5.41, 5.74) is 3.72. The molecule has 2 atom stereocenters. The molecule has 0 saturated heterocycles. The molecule has 0 bridgehead atoms. The van der Waals surface area contributed by atoms with Crippen LogP contribution in [0, 0.1) is 0 Å². The average molecular weight is 243 g/mol. The Morgan fingerprint density at radius 3 is 2.33 bits per heavy atom. The average Bonchev–Trinajstić information content (AvgIpc) is 2.92. The topological polar surface area (TPSA) is 25.2 Å². The highest BCUT2D eigenvalue weighted by molar-refractivity contribution is 5.46. The SMILES string of the molecule is CCC(C)c1ccc(NC(C)c2ccoc2)cc1. The third-order valence-electron chi connectivity index (χ3n) is 3.52. The molecule has 2 heteroatoms. The molecule has 96 valence electrons. The predicted octanol–water partition coefficient (Wildman–Crippen LogP) is 4.97. The van der Waals surface area contributed by atoms with Gasteiger partial charge in [-0.2, -0.15) is 0 Å². The lowest BCUT2D eigenvalue weighted by molar-refractivity contribution is 0.562. The molecule has 0 radical (unpaired) electrons. The highest BCUT2D eigenvalue weighted by atomic mass is 16.3. The number of nitrogens with one attached hydrogen (secondary N) is 1. The van der Waals surface area contributed by atoms with E-state index in [4.69, 9.17) is 4.42 Å². The van der Waals surface area contributed by atoms with E-state index in [0.29, 0.717) is 5.92 Å². The number of hydrogen-bond donors (Lipinski definition) is 1. The van der Waals surface area contributed by atoms with Crippen molar-refractivity contribution in [2.24, 2.45) is 0 Å². The van der Waals surface area contributed by atoms with E-state index in [-0.39, 0.29) is 6.04 Å². The largest absolute Gasteiger partial charge is 0.472 e. The van der Waals surface area contributed by atoms with E-state index in [9.17, 15) is 0 Å². The van der Waals surface area contributed by atoms with Crippen LogP contribution < -0.4 is 5.32 Å². The minimum absolute atomic E-state index is 0.262. The van der Waals surface area contributed by atoms with E-state index in [0.717, 1.165) is 5.69 Å². The highest BCUT2D eigenvalue weighted by Crippen LogP contribution is 2.23. The fraction of sp³-hybridized carbons (Fsp3) is 0.375. The van der Waals surface area contributed by atoms with Crippen molar-refractivity contribution in [2.45, 2.75) is 39.2 Å². The predicted molar refractivity (Wildman–Crippen MR) is 75.9 cm³/mol. The Hall–Kier alpha value is -1.70. The van der Waals surface area contributed by atoms with Crippen molar-refractivity contribution >= 4 is 5.69 Å². The van der Waals surface area contributed by atoms with Crippen LogP contribution in [0.4, 0.5) is 5.69 Å². The van der Waals surface area contributed by atoms with E-state index in [2.05, 4.69) is 50.4 Å². The van der Waals surface area contributed by atoms with Crippen LogP contribution in [0.5, 0.6) is 0 Å². The van der Waals surface area contributed by atoms with Gasteiger partial charge in [-0.15, -0.1) is 0 Å². The van der Waals surface area contributed by atoms with E-state index in [1.165, 1.54) is 17.5 Å². The zero-order valence-corrected chi connectivity index (χ0v) is 11.3. The summed E-state index contributed by atoms with van der Waals surface area (Å²) in [4.78, 5) is 0. The van der Waals surface area contributed by atoms with Gasteiger partial charge in [0.15, 0.2) is 0 Å². The van der Waals surface area contributed by atoms with Crippen molar-refractivity contribution < 1.29 is 4.42 Å². The molecular weight excluding hydrogens is 222 g/mol. The van der Waals surface area contributed by atoms with Crippen LogP contribution in [-0.4, -0.2) is 0 Å². The second kappa shape index (κ2) is 5.76. The van der Waals surface area contributed by atoms with Crippen LogP contribution in [0.2, 0.25) is 0 Å². The molecular formula is C16H21NO. The molecule has 2 nitrogen and oxygen atoms in total. The molecule has 2 aromatic rings. The molecule has 0 aliphatic heterocycles. The van der Waals surface area contributed by atoms with Gasteiger partial charge in [-0.05, 0) is 43.0 Å². The fourth-order valence-electron chi connectivity index (χ4n) is 2.00. The van der Waals surface area contributed by atoms with E-state index in [1.807, 2.05) is 6.07 Å². The molecule has 0 fully saturated rings. The summed E-state index contributed by atoms with van der Waals surface area (Å²) >= 11 is 0. The lowest BCUT2D eigenvalue weighted by Gasteiger charge is -2.15. The maximum absolute atomic E-state index is 5.10. The molecule has 0 amide bonds. The minimum atomic E-state index is 0.262. The Morgan fingerprint density at radius 2 is 1.78 bits per heavy atom. The quantitative estimate of drug-likeness (QED) is 0.802. The Balaban J connectivity index is 2.02. The molecule has 1 heterocycles. The Bertz CT molecular complexity index is 458. The number of benzene rings is 1. The monoisotopic (exact) mass is 243 g/mol. The summed E-state index contributed by atoms with van der Waals surface area (Å²) in [5, 5.41) is 3.47. The Morgan fingerprint density at radius 1 is 1.06 bits per heavy atom. The van der Waals surface area contributed by atoms with Gasteiger partial charge in [-0.1, -0.05) is 26.0 Å². The maximum atomic E-state index is 5.10. The summed E-state index contributed by atoms with van der Waals surface area (Å²) in [6, 6.07) is 11.0. The van der Waals surface area contributed by atoms with Crippen molar-refractivity contribution in [2.75, 3.05) is 5.32 Å². The molecule has 0 aliphatic rings. The summed E-state index contributed by atoms with van der Waals surface area (Å²) < 4.78 is 5.10. The van der Waals surface area contributed by atoms with Crippen LogP contribution in [-0.2, 0) is 0 Å². The van der Waals surface area contributed by atoms with Gasteiger partial charge in [0.25, 0.3) is 0 Å². The first kappa shape index (κ1) is 12.7. The molecule has 1 aromatic heterocycles. The summed E-state index contributed by atoms with van der Waals surface area (Å²) in [7, 11) is 0.